The number of hydrogen-bond acceptors (Lipinski definition) is 6. The van der Waals surface area contributed by atoms with Crippen molar-refractivity contribution >= 4 is 58.3 Å². The third kappa shape index (κ3) is 5.30. The highest BCUT2D eigenvalue weighted by Crippen LogP contribution is 2.22. The maximum atomic E-state index is 12.0. The van der Waals surface area contributed by atoms with Crippen molar-refractivity contribution in [2.75, 3.05) is 5.32 Å². The average molecular weight is 386 g/mol. The van der Waals surface area contributed by atoms with Gasteiger partial charge in [-0.1, -0.05) is 23.2 Å². The van der Waals surface area contributed by atoms with Gasteiger partial charge in [0.05, 0.1) is 20.7 Å². The van der Waals surface area contributed by atoms with Crippen LogP contribution in [-0.4, -0.2) is 27.9 Å². The second kappa shape index (κ2) is 8.23. The van der Waals surface area contributed by atoms with Crippen LogP contribution in [0.1, 0.15) is 17.6 Å². The van der Waals surface area contributed by atoms with Crippen molar-refractivity contribution in [3.63, 3.8) is 0 Å². The molecule has 0 saturated carbocycles. The number of carbonyl (C=O) groups excluding carboxylic acids is 2. The minimum absolute atomic E-state index is 0.141. The quantitative estimate of drug-likeness (QED) is 0.626. The highest BCUT2D eigenvalue weighted by atomic mass is 35.5. The first-order chi connectivity index (χ1) is 11.3. The Kier molecular flexibility index (Phi) is 6.30. The van der Waals surface area contributed by atoms with E-state index in [1.165, 1.54) is 42.7 Å². The molecule has 24 heavy (non-hydrogen) atoms. The van der Waals surface area contributed by atoms with Crippen LogP contribution in [-0.2, 0) is 14.3 Å². The molecule has 0 aliphatic carbocycles. The fourth-order valence-electron chi connectivity index (χ4n) is 1.60. The molecule has 2 aromatic rings. The van der Waals surface area contributed by atoms with Gasteiger partial charge in [-0.25, -0.2) is 14.8 Å². The zero-order valence-electron chi connectivity index (χ0n) is 12.7. The van der Waals surface area contributed by atoms with E-state index in [-0.39, 0.29) is 10.8 Å². The van der Waals surface area contributed by atoms with Crippen LogP contribution in [0.2, 0.25) is 10.0 Å². The van der Waals surface area contributed by atoms with Crippen LogP contribution in [0.25, 0.3) is 6.08 Å². The van der Waals surface area contributed by atoms with Crippen molar-refractivity contribution in [1.82, 2.24) is 9.97 Å². The molecule has 0 radical (unpaired) electrons. The Morgan fingerprint density at radius 1 is 1.42 bits per heavy atom. The largest absolute Gasteiger partial charge is 0.449 e. The Balaban J connectivity index is 1.90. The lowest BCUT2D eigenvalue weighted by atomic mass is 10.3. The van der Waals surface area contributed by atoms with Gasteiger partial charge in [0.1, 0.15) is 0 Å². The molecule has 1 atom stereocenters. The van der Waals surface area contributed by atoms with Crippen LogP contribution in [0.4, 0.5) is 5.82 Å². The predicted molar refractivity (Wildman–Crippen MR) is 94.3 cm³/mol. The summed E-state index contributed by atoms with van der Waals surface area (Å²) in [6.45, 7) is 3.31. The van der Waals surface area contributed by atoms with E-state index in [2.05, 4.69) is 15.3 Å². The number of nitrogens with one attached hydrogen (secondary N) is 1. The summed E-state index contributed by atoms with van der Waals surface area (Å²) in [6, 6.07) is 1.45. The van der Waals surface area contributed by atoms with Crippen molar-refractivity contribution in [1.29, 1.82) is 0 Å². The van der Waals surface area contributed by atoms with E-state index in [0.29, 0.717) is 10.7 Å². The smallest absolute Gasteiger partial charge is 0.331 e. The number of thiazole rings is 1. The Bertz CT molecular complexity index is 792. The van der Waals surface area contributed by atoms with Gasteiger partial charge in [-0.05, 0) is 26.0 Å². The summed E-state index contributed by atoms with van der Waals surface area (Å²) in [7, 11) is 0. The maximum absolute atomic E-state index is 12.0. The number of nitrogens with zero attached hydrogens (tertiary/aromatic N) is 2. The first-order valence-corrected chi connectivity index (χ1v) is 8.41. The van der Waals surface area contributed by atoms with Crippen LogP contribution in [0.5, 0.6) is 0 Å². The van der Waals surface area contributed by atoms with Gasteiger partial charge in [0.25, 0.3) is 5.91 Å². The minimum Gasteiger partial charge on any atom is -0.449 e. The van der Waals surface area contributed by atoms with Gasteiger partial charge in [-0.3, -0.25) is 4.79 Å². The lowest BCUT2D eigenvalue weighted by Gasteiger charge is -2.12. The monoisotopic (exact) mass is 385 g/mol. The number of halogens is 2. The lowest BCUT2D eigenvalue weighted by Crippen LogP contribution is -2.29. The molecule has 0 aliphatic heterocycles. The average Bonchev–Trinajstić information content (AvgIpc) is 2.93. The predicted octanol–water partition coefficient (Wildman–Crippen LogP) is 3.74. The summed E-state index contributed by atoms with van der Waals surface area (Å²) in [5.41, 5.74) is 0.656. The molecule has 2 rings (SSSR count). The van der Waals surface area contributed by atoms with E-state index in [0.717, 1.165) is 5.01 Å². The number of anilines is 1. The summed E-state index contributed by atoms with van der Waals surface area (Å²) >= 11 is 13.1. The molecule has 0 spiro atoms. The molecule has 1 amide bonds. The number of pyridine rings is 1. The van der Waals surface area contributed by atoms with Gasteiger partial charge < -0.3 is 10.1 Å². The Hall–Kier alpha value is -1.96. The van der Waals surface area contributed by atoms with Crippen LogP contribution in [0.3, 0.4) is 0 Å². The first-order valence-electron chi connectivity index (χ1n) is 6.78. The van der Waals surface area contributed by atoms with Crippen LogP contribution in [0.15, 0.2) is 23.7 Å². The Labute approximate surface area is 152 Å². The lowest BCUT2D eigenvalue weighted by molar-refractivity contribution is -0.148. The molecule has 2 aromatic heterocycles. The number of rotatable bonds is 5. The van der Waals surface area contributed by atoms with Gasteiger partial charge >= 0.3 is 5.97 Å². The third-order valence-electron chi connectivity index (χ3n) is 2.74. The normalized spacial score (nSPS) is 12.2. The first kappa shape index (κ1) is 18.4. The van der Waals surface area contributed by atoms with Crippen molar-refractivity contribution in [2.24, 2.45) is 0 Å². The van der Waals surface area contributed by atoms with E-state index in [1.807, 2.05) is 12.3 Å². The molecule has 6 nitrogen and oxygen atoms in total. The topological polar surface area (TPSA) is 81.2 Å². The Morgan fingerprint density at radius 3 is 2.79 bits per heavy atom. The molecule has 9 heteroatoms. The summed E-state index contributed by atoms with van der Waals surface area (Å²) < 4.78 is 5.02. The number of amides is 1. The number of esters is 1. The number of hydrogen-bond donors (Lipinski definition) is 1. The molecule has 1 N–H and O–H groups in total. The van der Waals surface area contributed by atoms with E-state index >= 15 is 0 Å². The third-order valence-corrected chi connectivity index (χ3v) is 4.03. The molecular formula is C15H13Cl2N3O3S. The van der Waals surface area contributed by atoms with Crippen LogP contribution >= 0.6 is 34.5 Å². The summed E-state index contributed by atoms with van der Waals surface area (Å²) in [4.78, 5) is 31.8. The zero-order valence-corrected chi connectivity index (χ0v) is 15.1. The summed E-state index contributed by atoms with van der Waals surface area (Å²) in [5.74, 6) is -1.07. The van der Waals surface area contributed by atoms with Gasteiger partial charge in [-0.15, -0.1) is 11.3 Å². The van der Waals surface area contributed by atoms with E-state index < -0.39 is 18.0 Å². The molecule has 0 aromatic carbocycles. The fraction of sp³-hybridized carbons (Fsp3) is 0.200. The van der Waals surface area contributed by atoms with E-state index in [9.17, 15) is 9.59 Å². The molecule has 1 unspecified atom stereocenters. The molecule has 0 aliphatic rings. The molecule has 0 bridgehead atoms. The standard InChI is InChI=1S/C15H13Cl2N3O3S/c1-8(15(22)20-14-12(17)5-10(16)6-18-14)23-13(21)4-3-11-7-24-9(2)19-11/h3-8H,1-2H3,(H,18,20,22)/b4-3+. The van der Waals surface area contributed by atoms with Crippen molar-refractivity contribution in [2.45, 2.75) is 20.0 Å². The number of aryl methyl sites for hydroxylation is 1. The second-order valence-corrected chi connectivity index (χ2v) is 6.58. The van der Waals surface area contributed by atoms with E-state index in [4.69, 9.17) is 27.9 Å². The molecule has 0 fully saturated rings. The van der Waals surface area contributed by atoms with Crippen LogP contribution < -0.4 is 5.32 Å². The minimum atomic E-state index is -1.02. The van der Waals surface area contributed by atoms with Crippen molar-refractivity contribution in [3.05, 3.63) is 44.5 Å². The molecular weight excluding hydrogens is 373 g/mol. The van der Waals surface area contributed by atoms with Crippen molar-refractivity contribution < 1.29 is 14.3 Å². The highest BCUT2D eigenvalue weighted by molar-refractivity contribution is 7.09. The number of carbonyl (C=O) groups is 2. The molecule has 126 valence electrons. The second-order valence-electron chi connectivity index (χ2n) is 4.68. The van der Waals surface area contributed by atoms with Gasteiger partial charge in [-0.2, -0.15) is 0 Å². The maximum Gasteiger partial charge on any atom is 0.331 e. The Morgan fingerprint density at radius 2 is 2.17 bits per heavy atom. The zero-order chi connectivity index (χ0) is 17.7. The highest BCUT2D eigenvalue weighted by Gasteiger charge is 2.18. The van der Waals surface area contributed by atoms with Gasteiger partial charge in [0.2, 0.25) is 0 Å². The summed E-state index contributed by atoms with van der Waals surface area (Å²) in [5, 5.41) is 5.70. The van der Waals surface area contributed by atoms with Crippen molar-refractivity contribution in [3.8, 4) is 0 Å². The molecule has 2 heterocycles. The molecule has 0 saturated heterocycles. The SMILES string of the molecule is Cc1nc(/C=C/C(=O)OC(C)C(=O)Nc2ncc(Cl)cc2Cl)cs1. The van der Waals surface area contributed by atoms with Gasteiger partial charge in [0.15, 0.2) is 11.9 Å². The summed E-state index contributed by atoms with van der Waals surface area (Å²) in [6.07, 6.45) is 3.06. The van der Waals surface area contributed by atoms with Crippen LogP contribution in [0, 0.1) is 6.92 Å². The van der Waals surface area contributed by atoms with E-state index in [1.54, 1.807) is 0 Å². The van der Waals surface area contributed by atoms with Gasteiger partial charge in [0, 0.05) is 17.7 Å². The fourth-order valence-corrected chi connectivity index (χ4v) is 2.61. The number of aromatic nitrogens is 2. The number of ether oxygens (including phenoxy) is 1.